The second-order valence-electron chi connectivity index (χ2n) is 12.2. The minimum Gasteiger partial charge on any atom is -0.394 e. The molecule has 1 spiro atoms. The Hall–Kier alpha value is -2.97. The van der Waals surface area contributed by atoms with Gasteiger partial charge in [0.15, 0.2) is 0 Å². The molecule has 0 radical (unpaired) electrons. The summed E-state index contributed by atoms with van der Waals surface area (Å²) in [7, 11) is 0. The molecule has 1 aromatic rings. The van der Waals surface area contributed by atoms with Crippen molar-refractivity contribution in [2.75, 3.05) is 31.1 Å². The molecule has 7 atom stereocenters. The molecule has 3 amide bonds. The van der Waals surface area contributed by atoms with Crippen LogP contribution >= 0.6 is 0 Å². The average Bonchev–Trinajstić information content (AvgIpc) is 3.45. The Bertz CT molecular complexity index is 1190. The van der Waals surface area contributed by atoms with Crippen LogP contribution in [0.25, 0.3) is 0 Å². The summed E-state index contributed by atoms with van der Waals surface area (Å²) in [6, 6.07) is 4.31. The fourth-order valence-corrected chi connectivity index (χ4v) is 7.85. The van der Waals surface area contributed by atoms with Gasteiger partial charge in [0.05, 0.1) is 30.1 Å². The van der Waals surface area contributed by atoms with E-state index < -0.39 is 35.1 Å². The number of ether oxygens (including phenoxy) is 1. The van der Waals surface area contributed by atoms with Gasteiger partial charge < -0.3 is 24.5 Å². The molecule has 3 fully saturated rings. The molecule has 3 aliphatic rings. The highest BCUT2D eigenvalue weighted by Gasteiger charge is 2.80. The van der Waals surface area contributed by atoms with Crippen molar-refractivity contribution in [2.45, 2.75) is 84.1 Å². The van der Waals surface area contributed by atoms with E-state index in [1.54, 1.807) is 26.9 Å². The molecule has 3 heterocycles. The first-order valence-electron chi connectivity index (χ1n) is 15.0. The number of carbonyl (C=O) groups excluding carboxylic acids is 3. The van der Waals surface area contributed by atoms with Crippen LogP contribution < -0.4 is 4.90 Å². The van der Waals surface area contributed by atoms with E-state index in [9.17, 15) is 19.5 Å². The Balaban J connectivity index is 1.91. The largest absolute Gasteiger partial charge is 0.394 e. The number of aliphatic hydroxyl groups is 1. The third-order valence-electron chi connectivity index (χ3n) is 9.77. The summed E-state index contributed by atoms with van der Waals surface area (Å²) in [6.45, 7) is 20.4. The maximum atomic E-state index is 14.9. The summed E-state index contributed by atoms with van der Waals surface area (Å²) in [5.41, 5.74) is 0.555. The monoisotopic (exact) mass is 565 g/mol. The number of hydrogen-bond donors (Lipinski definition) is 1. The summed E-state index contributed by atoms with van der Waals surface area (Å²) in [5, 5.41) is 10.4. The van der Waals surface area contributed by atoms with Crippen molar-refractivity contribution >= 4 is 23.4 Å². The van der Waals surface area contributed by atoms with E-state index in [1.165, 1.54) is 0 Å². The number of nitrogens with zero attached hydrogens (tertiary/aromatic N) is 3. The highest BCUT2D eigenvalue weighted by molar-refractivity contribution is 6.06. The van der Waals surface area contributed by atoms with Crippen LogP contribution in [0.3, 0.4) is 0 Å². The number of anilines is 1. The quantitative estimate of drug-likeness (QED) is 0.387. The Labute approximate surface area is 245 Å². The van der Waals surface area contributed by atoms with E-state index in [2.05, 4.69) is 13.2 Å². The molecule has 0 saturated carbocycles. The van der Waals surface area contributed by atoms with E-state index >= 15 is 0 Å². The van der Waals surface area contributed by atoms with Crippen molar-refractivity contribution in [1.82, 2.24) is 9.80 Å². The topological polar surface area (TPSA) is 90.4 Å². The summed E-state index contributed by atoms with van der Waals surface area (Å²) in [4.78, 5) is 48.7. The number of aryl methyl sites for hydroxylation is 2. The third-order valence-corrected chi connectivity index (χ3v) is 9.77. The highest BCUT2D eigenvalue weighted by atomic mass is 16.5. The lowest BCUT2D eigenvalue weighted by Gasteiger charge is -2.40. The number of likely N-dealkylation sites (tertiary alicyclic amines) is 1. The van der Waals surface area contributed by atoms with Gasteiger partial charge in [-0.1, -0.05) is 51.1 Å². The molecule has 3 saturated heterocycles. The fourth-order valence-electron chi connectivity index (χ4n) is 7.85. The maximum Gasteiger partial charge on any atom is 0.253 e. The van der Waals surface area contributed by atoms with Crippen molar-refractivity contribution in [2.24, 2.45) is 17.8 Å². The average molecular weight is 566 g/mol. The first kappa shape index (κ1) is 31.0. The molecule has 1 aromatic carbocycles. The highest BCUT2D eigenvalue weighted by Crippen LogP contribution is 2.66. The molecule has 0 aliphatic carbocycles. The van der Waals surface area contributed by atoms with Gasteiger partial charge in [0, 0.05) is 25.3 Å². The lowest BCUT2D eigenvalue weighted by atomic mass is 9.62. The van der Waals surface area contributed by atoms with E-state index in [0.717, 1.165) is 23.2 Å². The summed E-state index contributed by atoms with van der Waals surface area (Å²) in [6.07, 6.45) is 5.09. The van der Waals surface area contributed by atoms with Crippen LogP contribution in [0.2, 0.25) is 0 Å². The van der Waals surface area contributed by atoms with E-state index in [0.29, 0.717) is 25.9 Å². The smallest absolute Gasteiger partial charge is 0.253 e. The molecular weight excluding hydrogens is 518 g/mol. The second-order valence-corrected chi connectivity index (χ2v) is 12.2. The standard InChI is InChI=1S/C33H47N3O5/c1-9-16-34(17-10-2)29(38)25-26-30(39)36(24(12-4)20-37)28(33(26)19-23(7)32(25,8)41-33)31(40)35(18-11-3)27-21(5)14-13-15-22(27)6/h9,11,13-15,23-26,28,37H,1,3,10,12,16-20H2,2,4-8H3/t23?,24-,25-,26-,28?,32+,33?/m0/s1. The lowest BCUT2D eigenvalue weighted by molar-refractivity contribution is -0.153. The van der Waals surface area contributed by atoms with Crippen LogP contribution in [0.4, 0.5) is 5.69 Å². The van der Waals surface area contributed by atoms with E-state index in [-0.39, 0.29) is 36.8 Å². The summed E-state index contributed by atoms with van der Waals surface area (Å²) < 4.78 is 6.93. The molecule has 1 N–H and O–H groups in total. The van der Waals surface area contributed by atoms with Crippen molar-refractivity contribution in [1.29, 1.82) is 0 Å². The molecule has 3 aliphatic heterocycles. The summed E-state index contributed by atoms with van der Waals surface area (Å²) in [5.74, 6) is -2.32. The number of rotatable bonds is 12. The molecule has 3 unspecified atom stereocenters. The molecule has 8 nitrogen and oxygen atoms in total. The van der Waals surface area contributed by atoms with Crippen LogP contribution in [0, 0.1) is 31.6 Å². The molecule has 2 bridgehead atoms. The Morgan fingerprint density at radius 1 is 1.17 bits per heavy atom. The van der Waals surface area contributed by atoms with Crippen molar-refractivity contribution < 1.29 is 24.2 Å². The second kappa shape index (κ2) is 11.7. The van der Waals surface area contributed by atoms with Crippen LogP contribution in [0.1, 0.15) is 58.1 Å². The molecule has 0 aromatic heterocycles. The lowest BCUT2D eigenvalue weighted by Crippen LogP contribution is -2.59. The molecule has 224 valence electrons. The van der Waals surface area contributed by atoms with Gasteiger partial charge >= 0.3 is 0 Å². The van der Waals surface area contributed by atoms with Gasteiger partial charge in [0.2, 0.25) is 11.8 Å². The number of aliphatic hydroxyl groups excluding tert-OH is 1. The molecule has 41 heavy (non-hydrogen) atoms. The number of benzene rings is 1. The SMILES string of the molecule is C=CCN(CCC)C(=O)[C@@H]1[C@H]2C(=O)N([C@@H](CC)CO)C(C(=O)N(CC=C)c3c(C)cccc3C)C23CC(C)[C@@]1(C)O3. The van der Waals surface area contributed by atoms with Crippen molar-refractivity contribution in [3.8, 4) is 0 Å². The number of amides is 3. The van der Waals surface area contributed by atoms with Gasteiger partial charge in [0.1, 0.15) is 11.6 Å². The van der Waals surface area contributed by atoms with Crippen LogP contribution in [-0.4, -0.2) is 82.2 Å². The predicted octanol–water partition coefficient (Wildman–Crippen LogP) is 4.03. The third kappa shape index (κ3) is 4.63. The van der Waals surface area contributed by atoms with E-state index in [1.807, 2.05) is 59.7 Å². The van der Waals surface area contributed by atoms with Gasteiger partial charge in [-0.3, -0.25) is 14.4 Å². The zero-order valence-corrected chi connectivity index (χ0v) is 25.6. The zero-order chi connectivity index (χ0) is 30.3. The number of carbonyl (C=O) groups is 3. The van der Waals surface area contributed by atoms with Gasteiger partial charge in [-0.05, 0) is 57.1 Å². The van der Waals surface area contributed by atoms with Gasteiger partial charge in [-0.2, -0.15) is 0 Å². The molecular formula is C33H47N3O5. The fraction of sp³-hybridized carbons (Fsp3) is 0.606. The Morgan fingerprint density at radius 3 is 2.34 bits per heavy atom. The minimum atomic E-state index is -1.19. The predicted molar refractivity (Wildman–Crippen MR) is 160 cm³/mol. The van der Waals surface area contributed by atoms with Crippen LogP contribution in [0.15, 0.2) is 43.5 Å². The first-order valence-corrected chi connectivity index (χ1v) is 15.0. The maximum absolute atomic E-state index is 14.9. The molecule has 8 heteroatoms. The number of para-hydroxylation sites is 1. The van der Waals surface area contributed by atoms with Gasteiger partial charge in [0.25, 0.3) is 5.91 Å². The first-order chi connectivity index (χ1) is 19.5. The normalized spacial score (nSPS) is 30.7. The van der Waals surface area contributed by atoms with Crippen LogP contribution in [-0.2, 0) is 19.1 Å². The Kier molecular flexibility index (Phi) is 8.86. The summed E-state index contributed by atoms with van der Waals surface area (Å²) >= 11 is 0. The number of fused-ring (bicyclic) bond motifs is 1. The van der Waals surface area contributed by atoms with Crippen LogP contribution in [0.5, 0.6) is 0 Å². The van der Waals surface area contributed by atoms with Crippen molar-refractivity contribution in [3.05, 3.63) is 54.6 Å². The van der Waals surface area contributed by atoms with E-state index in [4.69, 9.17) is 4.74 Å². The zero-order valence-electron chi connectivity index (χ0n) is 25.6. The van der Waals surface area contributed by atoms with Crippen molar-refractivity contribution in [3.63, 3.8) is 0 Å². The van der Waals surface area contributed by atoms with Gasteiger partial charge in [-0.15, -0.1) is 13.2 Å². The number of hydrogen-bond acceptors (Lipinski definition) is 5. The van der Waals surface area contributed by atoms with Gasteiger partial charge in [-0.25, -0.2) is 0 Å². The minimum absolute atomic E-state index is 0.0646. The Morgan fingerprint density at radius 2 is 1.80 bits per heavy atom. The molecule has 4 rings (SSSR count).